The Hall–Kier alpha value is -2.85. The van der Waals surface area contributed by atoms with Gasteiger partial charge in [0.05, 0.1) is 17.5 Å². The van der Waals surface area contributed by atoms with E-state index in [4.69, 9.17) is 0 Å². The van der Waals surface area contributed by atoms with Crippen molar-refractivity contribution in [3.05, 3.63) is 59.2 Å². The lowest BCUT2D eigenvalue weighted by molar-refractivity contribution is -0.116. The van der Waals surface area contributed by atoms with E-state index in [-0.39, 0.29) is 36.0 Å². The predicted molar refractivity (Wildman–Crippen MR) is 112 cm³/mol. The van der Waals surface area contributed by atoms with Crippen LogP contribution in [-0.4, -0.2) is 27.1 Å². The van der Waals surface area contributed by atoms with Crippen LogP contribution < -0.4 is 9.62 Å². The van der Waals surface area contributed by atoms with E-state index in [1.807, 2.05) is 31.2 Å². The molecular weight excluding hydrogens is 374 g/mol. The average molecular weight is 400 g/mol. The molecule has 0 atom stereocenters. The fourth-order valence-corrected chi connectivity index (χ4v) is 3.94. The monoisotopic (exact) mass is 399 g/mol. The molecule has 0 aliphatic heterocycles. The number of aryl methyl sites for hydroxylation is 1. The maximum atomic E-state index is 12.6. The maximum Gasteiger partial charge on any atom is 0.232 e. The first-order valence-corrected chi connectivity index (χ1v) is 10.9. The third-order valence-electron chi connectivity index (χ3n) is 4.43. The van der Waals surface area contributed by atoms with Gasteiger partial charge in [0.15, 0.2) is 0 Å². The second kappa shape index (κ2) is 8.89. The molecule has 6 nitrogen and oxygen atoms in total. The van der Waals surface area contributed by atoms with Crippen molar-refractivity contribution in [1.29, 1.82) is 5.26 Å². The Morgan fingerprint density at radius 2 is 1.86 bits per heavy atom. The fourth-order valence-electron chi connectivity index (χ4n) is 3.00. The van der Waals surface area contributed by atoms with E-state index in [1.165, 1.54) is 0 Å². The molecule has 2 aromatic carbocycles. The molecule has 0 unspecified atom stereocenters. The minimum Gasteiger partial charge on any atom is -0.326 e. The molecular formula is C21H25N3O3S. The van der Waals surface area contributed by atoms with Crippen molar-refractivity contribution in [3.63, 3.8) is 0 Å². The van der Waals surface area contributed by atoms with E-state index in [2.05, 4.69) is 19.2 Å². The summed E-state index contributed by atoms with van der Waals surface area (Å²) in [7, 11) is -3.65. The number of rotatable bonds is 7. The van der Waals surface area contributed by atoms with Crippen LogP contribution in [0.25, 0.3) is 0 Å². The number of benzene rings is 2. The molecule has 0 heterocycles. The van der Waals surface area contributed by atoms with E-state index in [9.17, 15) is 18.5 Å². The molecule has 7 heteroatoms. The van der Waals surface area contributed by atoms with Gasteiger partial charge in [-0.2, -0.15) is 5.26 Å². The molecule has 148 valence electrons. The number of hydrogen-bond donors (Lipinski definition) is 1. The molecule has 1 N–H and O–H groups in total. The lowest BCUT2D eigenvalue weighted by atomic mass is 9.98. The molecule has 1 amide bonds. The largest absolute Gasteiger partial charge is 0.326 e. The number of carbonyl (C=O) groups is 1. The molecule has 0 fully saturated rings. The number of para-hydroxylation sites is 2. The zero-order valence-corrected chi connectivity index (χ0v) is 17.4. The first-order valence-electron chi connectivity index (χ1n) is 9.01. The molecule has 0 saturated carbocycles. The van der Waals surface area contributed by atoms with Gasteiger partial charge in [0.1, 0.15) is 6.07 Å². The lowest BCUT2D eigenvalue weighted by Crippen LogP contribution is -2.33. The Kier molecular flexibility index (Phi) is 6.81. The van der Waals surface area contributed by atoms with Crippen LogP contribution in [0.5, 0.6) is 0 Å². The first kappa shape index (κ1) is 21.5. The molecule has 2 rings (SSSR count). The van der Waals surface area contributed by atoms with Crippen molar-refractivity contribution in [3.8, 4) is 6.07 Å². The zero-order chi connectivity index (χ0) is 20.9. The highest BCUT2D eigenvalue weighted by atomic mass is 32.2. The number of hydrogen-bond acceptors (Lipinski definition) is 4. The van der Waals surface area contributed by atoms with Crippen LogP contribution in [0, 0.1) is 18.3 Å². The fraction of sp³-hybridized carbons (Fsp3) is 0.333. The molecule has 0 aromatic heterocycles. The minimum absolute atomic E-state index is 0.0291. The Morgan fingerprint density at radius 3 is 2.46 bits per heavy atom. The molecule has 0 spiro atoms. The number of anilines is 2. The Labute approximate surface area is 166 Å². The van der Waals surface area contributed by atoms with Gasteiger partial charge < -0.3 is 5.32 Å². The van der Waals surface area contributed by atoms with Crippen LogP contribution in [0.1, 0.15) is 42.9 Å². The number of nitrogens with zero attached hydrogens (tertiary/aromatic N) is 2. The van der Waals surface area contributed by atoms with E-state index in [1.54, 1.807) is 24.3 Å². The van der Waals surface area contributed by atoms with Crippen LogP contribution in [0.15, 0.2) is 42.5 Å². The van der Waals surface area contributed by atoms with E-state index >= 15 is 0 Å². The number of nitrogens with one attached hydrogen (secondary N) is 1. The normalized spacial score (nSPS) is 11.1. The molecule has 28 heavy (non-hydrogen) atoms. The van der Waals surface area contributed by atoms with Crippen LogP contribution in [0.3, 0.4) is 0 Å². The van der Waals surface area contributed by atoms with Gasteiger partial charge in [-0.3, -0.25) is 9.10 Å². The zero-order valence-electron chi connectivity index (χ0n) is 16.6. The van der Waals surface area contributed by atoms with Crippen LogP contribution in [0.4, 0.5) is 11.4 Å². The van der Waals surface area contributed by atoms with Gasteiger partial charge in [-0.25, -0.2) is 8.42 Å². The summed E-state index contributed by atoms with van der Waals surface area (Å²) in [5.41, 5.74) is 3.27. The highest BCUT2D eigenvalue weighted by Gasteiger charge is 2.21. The summed E-state index contributed by atoms with van der Waals surface area (Å²) in [6.07, 6.45) is 1.04. The first-order chi connectivity index (χ1) is 13.1. The highest BCUT2D eigenvalue weighted by Crippen LogP contribution is 2.28. The number of amides is 1. The van der Waals surface area contributed by atoms with Crippen molar-refractivity contribution < 1.29 is 13.2 Å². The molecule has 0 radical (unpaired) electrons. The number of carbonyl (C=O) groups excluding carboxylic acids is 1. The van der Waals surface area contributed by atoms with Crippen LogP contribution in [-0.2, 0) is 14.8 Å². The summed E-state index contributed by atoms with van der Waals surface area (Å²) in [4.78, 5) is 12.6. The molecule has 0 aliphatic rings. The van der Waals surface area contributed by atoms with Gasteiger partial charge in [0, 0.05) is 18.7 Å². The summed E-state index contributed by atoms with van der Waals surface area (Å²) >= 11 is 0. The van der Waals surface area contributed by atoms with E-state index < -0.39 is 10.0 Å². The van der Waals surface area contributed by atoms with E-state index in [0.717, 1.165) is 27.4 Å². The number of sulfonamides is 1. The van der Waals surface area contributed by atoms with Crippen LogP contribution in [0.2, 0.25) is 0 Å². The molecule has 0 saturated heterocycles. The van der Waals surface area contributed by atoms with Gasteiger partial charge in [-0.15, -0.1) is 0 Å². The molecule has 2 aromatic rings. The SMILES string of the molecule is Cc1cccc(C(C)C)c1NC(=O)CCN(c1ccccc1C#N)S(C)(=O)=O. The molecule has 0 bridgehead atoms. The minimum atomic E-state index is -3.65. The summed E-state index contributed by atoms with van der Waals surface area (Å²) in [5, 5.41) is 12.2. The van der Waals surface area contributed by atoms with Crippen LogP contribution >= 0.6 is 0 Å². The smallest absolute Gasteiger partial charge is 0.232 e. The average Bonchev–Trinajstić information content (AvgIpc) is 2.62. The summed E-state index contributed by atoms with van der Waals surface area (Å²) in [5.74, 6) is -0.0375. The van der Waals surface area contributed by atoms with E-state index in [0.29, 0.717) is 0 Å². The third kappa shape index (κ3) is 5.11. The highest BCUT2D eigenvalue weighted by molar-refractivity contribution is 7.92. The van der Waals surface area contributed by atoms with Gasteiger partial charge in [0.2, 0.25) is 15.9 Å². The van der Waals surface area contributed by atoms with Gasteiger partial charge in [-0.05, 0) is 36.1 Å². The summed E-state index contributed by atoms with van der Waals surface area (Å²) < 4.78 is 25.6. The Morgan fingerprint density at radius 1 is 1.18 bits per heavy atom. The second-order valence-corrected chi connectivity index (χ2v) is 8.86. The van der Waals surface area contributed by atoms with Gasteiger partial charge in [0.25, 0.3) is 0 Å². The second-order valence-electron chi connectivity index (χ2n) is 6.96. The third-order valence-corrected chi connectivity index (χ3v) is 5.61. The maximum absolute atomic E-state index is 12.6. The van der Waals surface area contributed by atoms with Gasteiger partial charge in [-0.1, -0.05) is 44.2 Å². The standard InChI is InChI=1S/C21H25N3O3S/c1-15(2)18-10-7-8-16(3)21(18)23-20(25)12-13-24(28(4,26)27)19-11-6-5-9-17(19)14-22/h5-11,15H,12-13H2,1-4H3,(H,23,25). The topological polar surface area (TPSA) is 90.3 Å². The lowest BCUT2D eigenvalue weighted by Gasteiger charge is -2.23. The van der Waals surface area contributed by atoms with Crippen molar-refractivity contribution in [2.24, 2.45) is 0 Å². The van der Waals surface area contributed by atoms with Gasteiger partial charge >= 0.3 is 0 Å². The number of nitriles is 1. The van der Waals surface area contributed by atoms with Crippen molar-refractivity contribution in [2.45, 2.75) is 33.1 Å². The molecule has 0 aliphatic carbocycles. The Balaban J connectivity index is 2.22. The van der Waals surface area contributed by atoms with Crippen molar-refractivity contribution in [2.75, 3.05) is 22.4 Å². The van der Waals surface area contributed by atoms with Crippen molar-refractivity contribution in [1.82, 2.24) is 0 Å². The van der Waals surface area contributed by atoms with Crippen molar-refractivity contribution >= 4 is 27.3 Å². The summed E-state index contributed by atoms with van der Waals surface area (Å²) in [6.45, 7) is 5.98. The quantitative estimate of drug-likeness (QED) is 0.767. The summed E-state index contributed by atoms with van der Waals surface area (Å²) in [6, 6.07) is 14.3. The predicted octanol–water partition coefficient (Wildman–Crippen LogP) is 3.78. The Bertz CT molecular complexity index is 1010.